The van der Waals surface area contributed by atoms with Crippen LogP contribution in [0.1, 0.15) is 54.4 Å². The molecular weight excluding hydrogens is 326 g/mol. The molecule has 7 heteroatoms. The van der Waals surface area contributed by atoms with Gasteiger partial charge in [0.1, 0.15) is 0 Å². The van der Waals surface area contributed by atoms with Gasteiger partial charge in [-0.15, -0.1) is 0 Å². The molecule has 0 saturated heterocycles. The summed E-state index contributed by atoms with van der Waals surface area (Å²) in [7, 11) is 1.84. The second-order valence-electron chi connectivity index (χ2n) is 6.15. The van der Waals surface area contributed by atoms with Crippen molar-refractivity contribution in [3.63, 3.8) is 0 Å². The van der Waals surface area contributed by atoms with Gasteiger partial charge in [-0.2, -0.15) is 0 Å². The summed E-state index contributed by atoms with van der Waals surface area (Å²) >= 11 is 0. The summed E-state index contributed by atoms with van der Waals surface area (Å²) < 4.78 is 23.6. The number of hydrogen-bond acceptors (Lipinski definition) is 5. The van der Waals surface area contributed by atoms with E-state index in [0.717, 1.165) is 33.3 Å². The maximum Gasteiger partial charge on any atom is 0.171 e. The van der Waals surface area contributed by atoms with Gasteiger partial charge in [0.05, 0.1) is 10.3 Å². The SMILES string of the molecule is CCOC(OCC)C([SiH3])(CC)NC([SiH3])(CC)C(OCC)OCC. The van der Waals surface area contributed by atoms with E-state index in [9.17, 15) is 0 Å². The first-order valence-electron chi connectivity index (χ1n) is 9.12. The average Bonchev–Trinajstić information content (AvgIpc) is 2.54. The minimum atomic E-state index is -0.224. The van der Waals surface area contributed by atoms with Crippen molar-refractivity contribution >= 4 is 20.5 Å². The summed E-state index contributed by atoms with van der Waals surface area (Å²) in [6, 6.07) is 0. The Labute approximate surface area is 149 Å². The van der Waals surface area contributed by atoms with Crippen molar-refractivity contribution in [3.8, 4) is 0 Å². The van der Waals surface area contributed by atoms with Crippen molar-refractivity contribution in [2.45, 2.75) is 77.3 Å². The fourth-order valence-corrected chi connectivity index (χ4v) is 5.03. The summed E-state index contributed by atoms with van der Waals surface area (Å²) in [5, 5.41) is 3.56. The van der Waals surface area contributed by atoms with E-state index < -0.39 is 0 Å². The predicted molar refractivity (Wildman–Crippen MR) is 103 cm³/mol. The molecule has 1 N–H and O–H groups in total. The summed E-state index contributed by atoms with van der Waals surface area (Å²) in [5.41, 5.74) is 0. The number of ether oxygens (including phenoxy) is 4. The van der Waals surface area contributed by atoms with E-state index in [4.69, 9.17) is 18.9 Å². The second-order valence-corrected chi connectivity index (χ2v) is 9.72. The van der Waals surface area contributed by atoms with E-state index >= 15 is 0 Å². The highest BCUT2D eigenvalue weighted by molar-refractivity contribution is 6.19. The average molecular weight is 366 g/mol. The van der Waals surface area contributed by atoms with Crippen LogP contribution in [0.25, 0.3) is 0 Å². The van der Waals surface area contributed by atoms with Crippen LogP contribution in [0, 0.1) is 0 Å². The van der Waals surface area contributed by atoms with Gasteiger partial charge in [0, 0.05) is 46.9 Å². The maximum absolute atomic E-state index is 5.91. The Balaban J connectivity index is 5.39. The van der Waals surface area contributed by atoms with E-state index in [2.05, 4.69) is 19.2 Å². The fourth-order valence-electron chi connectivity index (χ4n) is 2.72. The van der Waals surface area contributed by atoms with Crippen LogP contribution in [0.3, 0.4) is 0 Å². The Morgan fingerprint density at radius 1 is 0.652 bits per heavy atom. The lowest BCUT2D eigenvalue weighted by atomic mass is 10.1. The van der Waals surface area contributed by atoms with Crippen LogP contribution in [-0.2, 0) is 18.9 Å². The van der Waals surface area contributed by atoms with Gasteiger partial charge in [0.25, 0.3) is 0 Å². The lowest BCUT2D eigenvalue weighted by Crippen LogP contribution is -2.69. The van der Waals surface area contributed by atoms with Crippen molar-refractivity contribution in [1.82, 2.24) is 5.32 Å². The highest BCUT2D eigenvalue weighted by Crippen LogP contribution is 2.25. The fraction of sp³-hybridized carbons (Fsp3) is 1.00. The van der Waals surface area contributed by atoms with Gasteiger partial charge in [-0.1, -0.05) is 13.8 Å². The largest absolute Gasteiger partial charge is 0.351 e. The third kappa shape index (κ3) is 6.93. The molecule has 0 rings (SSSR count). The molecule has 5 nitrogen and oxygen atoms in total. The van der Waals surface area contributed by atoms with E-state index in [0.29, 0.717) is 26.4 Å². The third-order valence-corrected chi connectivity index (χ3v) is 7.21. The minimum absolute atomic E-state index is 0.157. The zero-order valence-electron chi connectivity index (χ0n) is 16.5. The van der Waals surface area contributed by atoms with E-state index in [1.807, 2.05) is 27.7 Å². The molecule has 140 valence electrons. The van der Waals surface area contributed by atoms with Crippen molar-refractivity contribution in [1.29, 1.82) is 0 Å². The Morgan fingerprint density at radius 2 is 0.913 bits per heavy atom. The Hall–Kier alpha value is 0.234. The molecule has 0 amide bonds. The van der Waals surface area contributed by atoms with Gasteiger partial charge in [-0.05, 0) is 40.5 Å². The Kier molecular flexibility index (Phi) is 11.8. The summed E-state index contributed by atoms with van der Waals surface area (Å²) in [6.07, 6.45) is 1.47. The minimum Gasteiger partial charge on any atom is -0.351 e. The zero-order chi connectivity index (χ0) is 17.9. The van der Waals surface area contributed by atoms with Crippen LogP contribution in [0.15, 0.2) is 0 Å². The molecule has 0 aliphatic heterocycles. The van der Waals surface area contributed by atoms with Crippen molar-refractivity contribution in [2.75, 3.05) is 26.4 Å². The molecule has 2 atom stereocenters. The van der Waals surface area contributed by atoms with Crippen LogP contribution in [0.4, 0.5) is 0 Å². The molecule has 23 heavy (non-hydrogen) atoms. The van der Waals surface area contributed by atoms with E-state index in [1.54, 1.807) is 0 Å². The Morgan fingerprint density at radius 3 is 1.09 bits per heavy atom. The highest BCUT2D eigenvalue weighted by Gasteiger charge is 2.43. The first-order chi connectivity index (χ1) is 10.9. The van der Waals surface area contributed by atoms with E-state index in [-0.39, 0.29) is 22.9 Å². The molecule has 0 heterocycles. The molecule has 0 aromatic carbocycles. The van der Waals surface area contributed by atoms with Crippen LogP contribution in [0.5, 0.6) is 0 Å². The van der Waals surface area contributed by atoms with E-state index in [1.165, 1.54) is 0 Å². The third-order valence-electron chi connectivity index (χ3n) is 4.35. The molecule has 0 spiro atoms. The van der Waals surface area contributed by atoms with Crippen LogP contribution in [0.2, 0.25) is 0 Å². The molecule has 2 unspecified atom stereocenters. The van der Waals surface area contributed by atoms with Crippen molar-refractivity contribution in [3.05, 3.63) is 0 Å². The number of rotatable bonds is 14. The molecule has 0 radical (unpaired) electrons. The van der Waals surface area contributed by atoms with Crippen LogP contribution < -0.4 is 5.32 Å². The molecule has 0 aliphatic rings. The molecule has 0 aliphatic carbocycles. The predicted octanol–water partition coefficient (Wildman–Crippen LogP) is 0.318. The smallest absolute Gasteiger partial charge is 0.171 e. The van der Waals surface area contributed by atoms with Crippen LogP contribution >= 0.6 is 0 Å². The molecule has 0 aromatic rings. The van der Waals surface area contributed by atoms with Crippen molar-refractivity contribution < 1.29 is 18.9 Å². The monoisotopic (exact) mass is 365 g/mol. The quantitative estimate of drug-likeness (QED) is 0.355. The van der Waals surface area contributed by atoms with Gasteiger partial charge >= 0.3 is 0 Å². The number of nitrogens with one attached hydrogen (secondary N) is 1. The molecule has 0 bridgehead atoms. The maximum atomic E-state index is 5.91. The summed E-state index contributed by atoms with van der Waals surface area (Å²) in [6.45, 7) is 15.0. The summed E-state index contributed by atoms with van der Waals surface area (Å²) in [5.74, 6) is 0. The lowest BCUT2D eigenvalue weighted by molar-refractivity contribution is -0.192. The molecule has 0 fully saturated rings. The first kappa shape index (κ1) is 23.2. The first-order valence-corrected chi connectivity index (χ1v) is 11.1. The molecule has 0 saturated carbocycles. The normalized spacial score (nSPS) is 17.7. The summed E-state index contributed by atoms with van der Waals surface area (Å²) in [4.78, 5) is 0. The van der Waals surface area contributed by atoms with Crippen molar-refractivity contribution in [2.24, 2.45) is 0 Å². The topological polar surface area (TPSA) is 49.0 Å². The van der Waals surface area contributed by atoms with Gasteiger partial charge < -0.3 is 24.3 Å². The van der Waals surface area contributed by atoms with Gasteiger partial charge in [-0.25, -0.2) is 0 Å². The second kappa shape index (κ2) is 11.7. The Bertz CT molecular complexity index is 272. The lowest BCUT2D eigenvalue weighted by Gasteiger charge is -2.47. The molecular formula is C16H39NO4Si2. The van der Waals surface area contributed by atoms with Gasteiger partial charge in [-0.3, -0.25) is 0 Å². The highest BCUT2D eigenvalue weighted by atomic mass is 28.2. The van der Waals surface area contributed by atoms with Crippen LogP contribution in [-0.4, -0.2) is 69.8 Å². The molecule has 0 aromatic heterocycles. The standard InChI is InChI=1S/C16H39NO4Si2/c1-7-15(22,13(18-9-3)19-10-4)17-16(23,8-2)14(20-11-5)21-12-6/h13-14,17H,7-12H2,1-6,22-23H3. The van der Waals surface area contributed by atoms with Gasteiger partial charge in [0.2, 0.25) is 0 Å². The zero-order valence-corrected chi connectivity index (χ0v) is 20.5. The van der Waals surface area contributed by atoms with Gasteiger partial charge in [0.15, 0.2) is 12.6 Å². The number of hydrogen-bond donors (Lipinski definition) is 1.